The Balaban J connectivity index is 1.96. The van der Waals surface area contributed by atoms with Crippen molar-refractivity contribution in [3.05, 3.63) is 0 Å². The van der Waals surface area contributed by atoms with Gasteiger partial charge in [-0.15, -0.1) is 0 Å². The molecule has 0 amide bonds. The fourth-order valence-corrected chi connectivity index (χ4v) is 3.65. The Hall–Kier alpha value is -0.120. The first-order valence-electron chi connectivity index (χ1n) is 8.43. The van der Waals surface area contributed by atoms with Gasteiger partial charge in [-0.3, -0.25) is 4.90 Å². The number of piperazine rings is 1. The van der Waals surface area contributed by atoms with Crippen molar-refractivity contribution in [1.82, 2.24) is 10.2 Å². The van der Waals surface area contributed by atoms with Crippen LogP contribution in [-0.2, 0) is 4.74 Å². The second-order valence-corrected chi connectivity index (χ2v) is 8.07. The van der Waals surface area contributed by atoms with Crippen molar-refractivity contribution in [3.63, 3.8) is 0 Å². The summed E-state index contributed by atoms with van der Waals surface area (Å²) in [5.74, 6) is 0. The molecule has 0 radical (unpaired) electrons. The quantitative estimate of drug-likeness (QED) is 0.857. The van der Waals surface area contributed by atoms with Crippen LogP contribution in [0.15, 0.2) is 0 Å². The molecule has 1 spiro atoms. The molecule has 118 valence electrons. The molecule has 0 aromatic rings. The highest BCUT2D eigenvalue weighted by Gasteiger charge is 2.45. The van der Waals surface area contributed by atoms with Gasteiger partial charge >= 0.3 is 0 Å². The molecular formula is C17H34N2O. The van der Waals surface area contributed by atoms with E-state index in [0.29, 0.717) is 5.54 Å². The van der Waals surface area contributed by atoms with E-state index in [0.717, 1.165) is 19.7 Å². The molecule has 2 fully saturated rings. The van der Waals surface area contributed by atoms with Crippen molar-refractivity contribution in [3.8, 4) is 0 Å². The number of nitrogens with one attached hydrogen (secondary N) is 1. The maximum atomic E-state index is 5.96. The van der Waals surface area contributed by atoms with Gasteiger partial charge in [0.25, 0.3) is 0 Å². The standard InChI is InChI=1S/C17H34N2O/c1-6-16(5)13-18-17(9-7-8-10-17)14-19(16)11-12-20-15(2,3)4/h18H,6-14H2,1-5H3. The molecule has 20 heavy (non-hydrogen) atoms. The van der Waals surface area contributed by atoms with Crippen LogP contribution in [0, 0.1) is 0 Å². The van der Waals surface area contributed by atoms with Crippen LogP contribution < -0.4 is 5.32 Å². The van der Waals surface area contributed by atoms with E-state index in [1.165, 1.54) is 38.6 Å². The Morgan fingerprint density at radius 3 is 2.40 bits per heavy atom. The Morgan fingerprint density at radius 1 is 1.20 bits per heavy atom. The van der Waals surface area contributed by atoms with E-state index in [-0.39, 0.29) is 11.1 Å². The van der Waals surface area contributed by atoms with Crippen molar-refractivity contribution in [2.45, 2.75) is 83.4 Å². The van der Waals surface area contributed by atoms with Crippen LogP contribution in [0.1, 0.15) is 66.7 Å². The minimum Gasteiger partial charge on any atom is -0.375 e. The number of ether oxygens (including phenoxy) is 1. The molecule has 1 unspecified atom stereocenters. The van der Waals surface area contributed by atoms with Crippen LogP contribution in [0.3, 0.4) is 0 Å². The lowest BCUT2D eigenvalue weighted by Crippen LogP contribution is -2.68. The first-order valence-corrected chi connectivity index (χ1v) is 8.43. The summed E-state index contributed by atoms with van der Waals surface area (Å²) in [6.07, 6.45) is 6.68. The van der Waals surface area contributed by atoms with Crippen LogP contribution in [-0.4, -0.2) is 47.8 Å². The maximum Gasteiger partial charge on any atom is 0.0600 e. The lowest BCUT2D eigenvalue weighted by molar-refractivity contribution is -0.0467. The van der Waals surface area contributed by atoms with Gasteiger partial charge in [0, 0.05) is 30.7 Å². The summed E-state index contributed by atoms with van der Waals surface area (Å²) in [4.78, 5) is 2.70. The van der Waals surface area contributed by atoms with Crippen LogP contribution in [0.2, 0.25) is 0 Å². The zero-order chi connectivity index (χ0) is 14.9. The average Bonchev–Trinajstić information content (AvgIpc) is 2.81. The monoisotopic (exact) mass is 282 g/mol. The van der Waals surface area contributed by atoms with Gasteiger partial charge < -0.3 is 10.1 Å². The predicted molar refractivity (Wildman–Crippen MR) is 85.2 cm³/mol. The summed E-state index contributed by atoms with van der Waals surface area (Å²) in [5, 5.41) is 3.89. The number of hydrogen-bond donors (Lipinski definition) is 1. The summed E-state index contributed by atoms with van der Waals surface area (Å²) in [6.45, 7) is 15.4. The SMILES string of the molecule is CCC1(C)CNC2(CCCC2)CN1CCOC(C)(C)C. The molecule has 3 heteroatoms. The molecule has 1 atom stereocenters. The van der Waals surface area contributed by atoms with Gasteiger partial charge in [0.2, 0.25) is 0 Å². The van der Waals surface area contributed by atoms with E-state index in [4.69, 9.17) is 4.74 Å². The largest absolute Gasteiger partial charge is 0.375 e. The van der Waals surface area contributed by atoms with E-state index >= 15 is 0 Å². The molecule has 1 aliphatic carbocycles. The zero-order valence-electron chi connectivity index (χ0n) is 14.2. The van der Waals surface area contributed by atoms with E-state index < -0.39 is 0 Å². The molecule has 1 saturated heterocycles. The van der Waals surface area contributed by atoms with Gasteiger partial charge in [0.05, 0.1) is 12.2 Å². The minimum atomic E-state index is -0.0261. The number of hydrogen-bond acceptors (Lipinski definition) is 3. The van der Waals surface area contributed by atoms with Crippen molar-refractivity contribution in [2.75, 3.05) is 26.2 Å². The number of rotatable bonds is 4. The average molecular weight is 282 g/mol. The molecule has 0 aromatic carbocycles. The second kappa shape index (κ2) is 5.94. The molecule has 0 bridgehead atoms. The number of nitrogens with zero attached hydrogens (tertiary/aromatic N) is 1. The van der Waals surface area contributed by atoms with Gasteiger partial charge in [-0.1, -0.05) is 19.8 Å². The third-order valence-electron chi connectivity index (χ3n) is 5.32. The third kappa shape index (κ3) is 3.75. The zero-order valence-corrected chi connectivity index (χ0v) is 14.2. The summed E-state index contributed by atoms with van der Waals surface area (Å²) >= 11 is 0. The summed E-state index contributed by atoms with van der Waals surface area (Å²) in [5.41, 5.74) is 0.660. The van der Waals surface area contributed by atoms with Crippen molar-refractivity contribution >= 4 is 0 Å². The van der Waals surface area contributed by atoms with Crippen LogP contribution in [0.4, 0.5) is 0 Å². The molecule has 1 saturated carbocycles. The van der Waals surface area contributed by atoms with Gasteiger partial charge in [-0.2, -0.15) is 0 Å². The van der Waals surface area contributed by atoms with Crippen LogP contribution in [0.25, 0.3) is 0 Å². The molecule has 1 N–H and O–H groups in total. The Labute approximate surface area is 125 Å². The topological polar surface area (TPSA) is 24.5 Å². The fourth-order valence-electron chi connectivity index (χ4n) is 3.65. The molecule has 2 aliphatic rings. The molecule has 1 heterocycles. The fraction of sp³-hybridized carbons (Fsp3) is 1.00. The highest BCUT2D eigenvalue weighted by Crippen LogP contribution is 2.36. The Morgan fingerprint density at radius 2 is 1.85 bits per heavy atom. The van der Waals surface area contributed by atoms with Gasteiger partial charge in [0.15, 0.2) is 0 Å². The van der Waals surface area contributed by atoms with E-state index in [1.54, 1.807) is 0 Å². The smallest absolute Gasteiger partial charge is 0.0600 e. The van der Waals surface area contributed by atoms with Crippen molar-refractivity contribution in [2.24, 2.45) is 0 Å². The Bertz CT molecular complexity index is 317. The first-order chi connectivity index (χ1) is 9.29. The third-order valence-corrected chi connectivity index (χ3v) is 5.32. The highest BCUT2D eigenvalue weighted by molar-refractivity contribution is 5.05. The molecule has 2 rings (SSSR count). The van der Waals surface area contributed by atoms with Gasteiger partial charge in [0.1, 0.15) is 0 Å². The normalized spacial score (nSPS) is 31.1. The first kappa shape index (κ1) is 16.3. The Kier molecular flexibility index (Phi) is 4.83. The highest BCUT2D eigenvalue weighted by atomic mass is 16.5. The van der Waals surface area contributed by atoms with E-state index in [2.05, 4.69) is 44.8 Å². The van der Waals surface area contributed by atoms with E-state index in [9.17, 15) is 0 Å². The minimum absolute atomic E-state index is 0.0261. The summed E-state index contributed by atoms with van der Waals surface area (Å²) < 4.78 is 5.96. The van der Waals surface area contributed by atoms with Crippen LogP contribution in [0.5, 0.6) is 0 Å². The van der Waals surface area contributed by atoms with Gasteiger partial charge in [-0.25, -0.2) is 0 Å². The van der Waals surface area contributed by atoms with Gasteiger partial charge in [-0.05, 0) is 47.0 Å². The maximum absolute atomic E-state index is 5.96. The van der Waals surface area contributed by atoms with Crippen molar-refractivity contribution in [1.29, 1.82) is 0 Å². The predicted octanol–water partition coefficient (Wildman–Crippen LogP) is 3.19. The molecule has 3 nitrogen and oxygen atoms in total. The lowest BCUT2D eigenvalue weighted by atomic mass is 9.85. The van der Waals surface area contributed by atoms with E-state index in [1.807, 2.05) is 0 Å². The molecule has 0 aromatic heterocycles. The summed E-state index contributed by atoms with van der Waals surface area (Å²) in [7, 11) is 0. The summed E-state index contributed by atoms with van der Waals surface area (Å²) in [6, 6.07) is 0. The lowest BCUT2D eigenvalue weighted by Gasteiger charge is -2.52. The molecule has 1 aliphatic heterocycles. The second-order valence-electron chi connectivity index (χ2n) is 8.07. The molecular weight excluding hydrogens is 248 g/mol. The van der Waals surface area contributed by atoms with Crippen molar-refractivity contribution < 1.29 is 4.74 Å². The van der Waals surface area contributed by atoms with Crippen LogP contribution >= 0.6 is 0 Å².